The van der Waals surface area contributed by atoms with Crippen LogP contribution in [0.5, 0.6) is 5.75 Å². The number of aliphatic imine (C=N–C) groups is 1. The van der Waals surface area contributed by atoms with Crippen LogP contribution in [-0.4, -0.2) is 81.5 Å². The normalized spacial score (nSPS) is 13.5. The fourth-order valence-corrected chi connectivity index (χ4v) is 4.85. The van der Waals surface area contributed by atoms with Gasteiger partial charge in [0.25, 0.3) is 0 Å². The van der Waals surface area contributed by atoms with E-state index in [9.17, 15) is 34.2 Å². The number of aromatic amines is 1. The highest BCUT2D eigenvalue weighted by molar-refractivity contribution is 5.95. The van der Waals surface area contributed by atoms with Crippen LogP contribution < -0.4 is 38.9 Å². The third-order valence-electron chi connectivity index (χ3n) is 7.33. The number of guanidine groups is 1. The molecule has 0 fully saturated rings. The average Bonchev–Trinajstić information content (AvgIpc) is 3.43. The molecule has 0 bridgehead atoms. The van der Waals surface area contributed by atoms with Crippen LogP contribution in [0.15, 0.2) is 59.7 Å². The maximum Gasteiger partial charge on any atom is 0.326 e. The number of aliphatic carboxylic acids is 1. The lowest BCUT2D eigenvalue weighted by molar-refractivity contribution is -0.142. The molecule has 0 radical (unpaired) electrons. The Kier molecular flexibility index (Phi) is 13.1. The van der Waals surface area contributed by atoms with Crippen molar-refractivity contribution < 1.29 is 34.2 Å². The van der Waals surface area contributed by atoms with E-state index in [0.29, 0.717) is 11.1 Å². The SMILES string of the molecule is NC(=O)CCC(NC(=O)C(Cc1c[nH]c2ccccc12)NC(=O)C(N)Cc1ccc(O)cc1)C(=O)NC(CCCN=C(N)N)C(=O)O. The molecule has 3 aromatic rings. The molecule has 252 valence electrons. The number of fused-ring (bicyclic) bond motifs is 1. The number of rotatable bonds is 18. The van der Waals surface area contributed by atoms with Gasteiger partial charge in [0.15, 0.2) is 5.96 Å². The van der Waals surface area contributed by atoms with Crippen molar-refractivity contribution in [2.75, 3.05) is 6.54 Å². The number of carboxylic acid groups (broad SMARTS) is 1. The van der Waals surface area contributed by atoms with E-state index in [-0.39, 0.29) is 56.8 Å². The Morgan fingerprint density at radius 2 is 1.45 bits per heavy atom. The van der Waals surface area contributed by atoms with E-state index in [1.807, 2.05) is 24.3 Å². The number of primary amides is 1. The molecule has 4 atom stereocenters. The van der Waals surface area contributed by atoms with Crippen LogP contribution >= 0.6 is 0 Å². The number of carboxylic acids is 1. The number of phenolic OH excluding ortho intramolecular Hbond substituents is 1. The Labute approximate surface area is 270 Å². The number of nitrogens with zero attached hydrogens (tertiary/aromatic N) is 1. The fourth-order valence-electron chi connectivity index (χ4n) is 4.85. The van der Waals surface area contributed by atoms with Gasteiger partial charge in [-0.25, -0.2) is 4.79 Å². The van der Waals surface area contributed by atoms with Crippen molar-refractivity contribution >= 4 is 46.5 Å². The molecule has 16 heteroatoms. The molecule has 16 nitrogen and oxygen atoms in total. The molecular formula is C31H41N9O7. The molecule has 1 heterocycles. The van der Waals surface area contributed by atoms with Crippen molar-refractivity contribution in [3.8, 4) is 5.75 Å². The van der Waals surface area contributed by atoms with E-state index >= 15 is 0 Å². The van der Waals surface area contributed by atoms with Crippen molar-refractivity contribution in [2.24, 2.45) is 27.9 Å². The van der Waals surface area contributed by atoms with Crippen molar-refractivity contribution in [2.45, 2.75) is 62.7 Å². The van der Waals surface area contributed by atoms with Crippen molar-refractivity contribution in [1.82, 2.24) is 20.9 Å². The summed E-state index contributed by atoms with van der Waals surface area (Å²) in [6, 6.07) is 8.49. The second kappa shape index (κ2) is 17.2. The van der Waals surface area contributed by atoms with Crippen LogP contribution in [0.25, 0.3) is 10.9 Å². The molecule has 0 spiro atoms. The number of phenols is 1. The number of para-hydroxylation sites is 1. The Balaban J connectivity index is 1.81. The number of nitrogens with one attached hydrogen (secondary N) is 4. The van der Waals surface area contributed by atoms with Crippen molar-refractivity contribution in [1.29, 1.82) is 0 Å². The lowest BCUT2D eigenvalue weighted by Crippen LogP contribution is -2.57. The highest BCUT2D eigenvalue weighted by Crippen LogP contribution is 2.20. The summed E-state index contributed by atoms with van der Waals surface area (Å²) < 4.78 is 0. The van der Waals surface area contributed by atoms with Crippen LogP contribution in [0.3, 0.4) is 0 Å². The summed E-state index contributed by atoms with van der Waals surface area (Å²) in [7, 11) is 0. The molecular weight excluding hydrogens is 610 g/mol. The lowest BCUT2D eigenvalue weighted by atomic mass is 10.0. The molecule has 0 saturated carbocycles. The summed E-state index contributed by atoms with van der Waals surface area (Å²) in [5, 5.41) is 27.6. The topological polar surface area (TPSA) is 294 Å². The van der Waals surface area contributed by atoms with E-state index in [2.05, 4.69) is 25.9 Å². The molecule has 4 unspecified atom stereocenters. The number of aromatic nitrogens is 1. The van der Waals surface area contributed by atoms with Crippen LogP contribution in [0.4, 0.5) is 0 Å². The number of hydrogen-bond acceptors (Lipinski definition) is 8. The maximum atomic E-state index is 13.8. The van der Waals surface area contributed by atoms with Gasteiger partial charge in [0.1, 0.15) is 23.9 Å². The van der Waals surface area contributed by atoms with E-state index in [4.69, 9.17) is 22.9 Å². The summed E-state index contributed by atoms with van der Waals surface area (Å²) in [5.41, 5.74) is 24.2. The zero-order valence-electron chi connectivity index (χ0n) is 25.6. The zero-order chi connectivity index (χ0) is 34.5. The van der Waals surface area contributed by atoms with Gasteiger partial charge in [0.2, 0.25) is 23.6 Å². The summed E-state index contributed by atoms with van der Waals surface area (Å²) in [6.45, 7) is 0.133. The Bertz CT molecular complexity index is 1590. The van der Waals surface area contributed by atoms with E-state index in [1.54, 1.807) is 18.3 Å². The standard InChI is InChI=1S/C31H41N9O7/c32-21(14-17-7-9-19(41)10-8-17)27(43)40-25(15-18-16-37-22-5-2-1-4-20(18)22)29(45)38-23(11-12-26(33)42)28(44)39-24(30(46)47)6-3-13-36-31(34)35/h1-2,4-5,7-10,16,21,23-25,37,41H,3,6,11-15,32H2,(H2,33,42)(H,38,45)(H,39,44)(H,40,43)(H,46,47)(H4,34,35,36). The second-order valence-corrected chi connectivity index (χ2v) is 11.0. The highest BCUT2D eigenvalue weighted by atomic mass is 16.4. The maximum absolute atomic E-state index is 13.8. The van der Waals surface area contributed by atoms with E-state index in [1.165, 1.54) is 12.1 Å². The van der Waals surface area contributed by atoms with Gasteiger partial charge in [-0.05, 0) is 55.0 Å². The largest absolute Gasteiger partial charge is 0.508 e. The summed E-state index contributed by atoms with van der Waals surface area (Å²) in [5.74, 6) is -4.46. The first-order chi connectivity index (χ1) is 22.3. The molecule has 2 aromatic carbocycles. The van der Waals surface area contributed by atoms with Gasteiger partial charge in [0, 0.05) is 36.5 Å². The van der Waals surface area contributed by atoms with Gasteiger partial charge in [-0.3, -0.25) is 24.2 Å². The van der Waals surface area contributed by atoms with Crippen LogP contribution in [0.2, 0.25) is 0 Å². The molecule has 3 rings (SSSR count). The smallest absolute Gasteiger partial charge is 0.326 e. The first-order valence-corrected chi connectivity index (χ1v) is 14.9. The third-order valence-corrected chi connectivity index (χ3v) is 7.33. The molecule has 0 aliphatic heterocycles. The van der Waals surface area contributed by atoms with E-state index < -0.39 is 53.8 Å². The number of nitrogens with two attached hydrogens (primary N) is 4. The number of benzene rings is 2. The van der Waals surface area contributed by atoms with Crippen molar-refractivity contribution in [3.63, 3.8) is 0 Å². The number of H-pyrrole nitrogens is 1. The number of hydrogen-bond donors (Lipinski definition) is 10. The first-order valence-electron chi connectivity index (χ1n) is 14.9. The molecule has 0 aliphatic rings. The monoisotopic (exact) mass is 651 g/mol. The molecule has 0 aliphatic carbocycles. The van der Waals surface area contributed by atoms with Gasteiger partial charge in [-0.1, -0.05) is 30.3 Å². The minimum atomic E-state index is -1.37. The van der Waals surface area contributed by atoms with Crippen LogP contribution in [0, 0.1) is 0 Å². The average molecular weight is 652 g/mol. The Hall–Kier alpha value is -5.64. The summed E-state index contributed by atoms with van der Waals surface area (Å²) in [6.07, 6.45) is 1.49. The molecule has 0 saturated heterocycles. The van der Waals surface area contributed by atoms with Crippen LogP contribution in [0.1, 0.15) is 36.8 Å². The number of carbonyl (C=O) groups excluding carboxylic acids is 4. The van der Waals surface area contributed by atoms with Crippen LogP contribution in [-0.2, 0) is 36.8 Å². The van der Waals surface area contributed by atoms with Gasteiger partial charge in [0.05, 0.1) is 6.04 Å². The number of amides is 4. The van der Waals surface area contributed by atoms with Crippen molar-refractivity contribution in [3.05, 3.63) is 65.9 Å². The summed E-state index contributed by atoms with van der Waals surface area (Å²) >= 11 is 0. The molecule has 4 amide bonds. The Morgan fingerprint density at radius 3 is 2.11 bits per heavy atom. The fraction of sp³-hybridized carbons (Fsp3) is 0.355. The van der Waals surface area contributed by atoms with Gasteiger partial charge in [-0.2, -0.15) is 0 Å². The molecule has 1 aromatic heterocycles. The second-order valence-electron chi connectivity index (χ2n) is 11.0. The quantitative estimate of drug-likeness (QED) is 0.0447. The van der Waals surface area contributed by atoms with Gasteiger partial charge in [-0.15, -0.1) is 0 Å². The minimum absolute atomic E-state index is 0.000215. The third kappa shape index (κ3) is 11.3. The predicted molar refractivity (Wildman–Crippen MR) is 174 cm³/mol. The van der Waals surface area contributed by atoms with Gasteiger partial charge >= 0.3 is 5.97 Å². The van der Waals surface area contributed by atoms with Gasteiger partial charge < -0.3 is 54.1 Å². The number of aromatic hydroxyl groups is 1. The lowest BCUT2D eigenvalue weighted by Gasteiger charge is -2.25. The molecule has 47 heavy (non-hydrogen) atoms. The van der Waals surface area contributed by atoms with E-state index in [0.717, 1.165) is 10.9 Å². The zero-order valence-corrected chi connectivity index (χ0v) is 25.6. The summed E-state index contributed by atoms with van der Waals surface area (Å²) in [4.78, 5) is 70.6. The first kappa shape index (κ1) is 35.8. The molecule has 14 N–H and O–H groups in total. The Morgan fingerprint density at radius 1 is 0.809 bits per heavy atom. The number of carbonyl (C=O) groups is 5. The highest BCUT2D eigenvalue weighted by Gasteiger charge is 2.31. The predicted octanol–water partition coefficient (Wildman–Crippen LogP) is -1.16. The minimum Gasteiger partial charge on any atom is -0.508 e.